The van der Waals surface area contributed by atoms with E-state index in [1.807, 2.05) is 0 Å². The molecule has 45 heavy (non-hydrogen) atoms. The number of hydrogen-bond donors (Lipinski definition) is 0. The van der Waals surface area contributed by atoms with E-state index in [9.17, 15) is 35.2 Å². The Morgan fingerprint density at radius 1 is 0.756 bits per heavy atom. The average Bonchev–Trinajstić information content (AvgIpc) is 3.02. The molecule has 0 saturated carbocycles. The molecular formula is C30H18ClF6NO6S. The monoisotopic (exact) mass is 669 g/mol. The van der Waals surface area contributed by atoms with Gasteiger partial charge in [0, 0.05) is 22.0 Å². The molecule has 0 aliphatic rings. The highest BCUT2D eigenvalue weighted by molar-refractivity contribution is 7.87. The van der Waals surface area contributed by atoms with Gasteiger partial charge in [0.05, 0.1) is 25.4 Å². The van der Waals surface area contributed by atoms with Gasteiger partial charge in [0.1, 0.15) is 16.5 Å². The second-order valence-corrected chi connectivity index (χ2v) is 11.4. The Morgan fingerprint density at radius 2 is 1.38 bits per heavy atom. The second-order valence-electron chi connectivity index (χ2n) is 9.48. The van der Waals surface area contributed by atoms with Gasteiger partial charge in [-0.2, -0.15) is 17.2 Å². The van der Waals surface area contributed by atoms with E-state index < -0.39 is 61.2 Å². The van der Waals surface area contributed by atoms with Crippen LogP contribution in [-0.4, -0.2) is 27.2 Å². The maximum atomic E-state index is 15.6. The van der Waals surface area contributed by atoms with E-state index in [0.717, 1.165) is 42.0 Å². The molecule has 0 atom stereocenters. The van der Waals surface area contributed by atoms with Gasteiger partial charge in [-0.05, 0) is 60.5 Å². The quantitative estimate of drug-likeness (QED) is 0.0787. The minimum atomic E-state index is -5.22. The van der Waals surface area contributed by atoms with Gasteiger partial charge in [-0.15, -0.1) is 0 Å². The summed E-state index contributed by atoms with van der Waals surface area (Å²) < 4.78 is 126. The van der Waals surface area contributed by atoms with Gasteiger partial charge in [-0.25, -0.2) is 17.6 Å². The number of methoxy groups -OCH3 is 2. The molecule has 5 aromatic rings. The Balaban J connectivity index is 1.68. The van der Waals surface area contributed by atoms with Crippen molar-refractivity contribution in [2.24, 2.45) is 0 Å². The van der Waals surface area contributed by atoms with E-state index in [2.05, 4.69) is 4.18 Å². The molecule has 0 spiro atoms. The summed E-state index contributed by atoms with van der Waals surface area (Å²) in [4.78, 5) is 12.6. The topological polar surface area (TPSA) is 83.8 Å². The molecule has 0 aliphatic heterocycles. The summed E-state index contributed by atoms with van der Waals surface area (Å²) in [6, 6.07) is 11.2. The number of nitrogens with zero attached hydrogens (tertiary/aromatic N) is 1. The van der Waals surface area contributed by atoms with Gasteiger partial charge in [0.15, 0.2) is 5.75 Å². The summed E-state index contributed by atoms with van der Waals surface area (Å²) in [7, 11) is -2.80. The Kier molecular flexibility index (Phi) is 8.23. The SMILES string of the molecule is COc1cc(-c2ccc(Cl)c(C)c2)c(F)cc1-n1c(=O)c(OC)cc2cc(S(=O)(=O)Oc3c(F)c(F)c(F)c(F)c3F)ccc21. The molecule has 7 nitrogen and oxygen atoms in total. The lowest BCUT2D eigenvalue weighted by molar-refractivity contribution is 0.346. The first-order valence-electron chi connectivity index (χ1n) is 12.5. The summed E-state index contributed by atoms with van der Waals surface area (Å²) in [5.41, 5.74) is 0.350. The fraction of sp³-hybridized carbons (Fsp3) is 0.100. The second kappa shape index (κ2) is 11.7. The fourth-order valence-corrected chi connectivity index (χ4v) is 5.63. The average molecular weight is 670 g/mol. The van der Waals surface area contributed by atoms with Crippen LogP contribution in [0.15, 0.2) is 64.3 Å². The molecule has 0 saturated heterocycles. The van der Waals surface area contributed by atoms with Crippen molar-refractivity contribution in [3.8, 4) is 34.1 Å². The van der Waals surface area contributed by atoms with Gasteiger partial charge in [-0.3, -0.25) is 9.36 Å². The number of halogens is 7. The van der Waals surface area contributed by atoms with Crippen molar-refractivity contribution in [3.63, 3.8) is 0 Å². The molecule has 4 aromatic carbocycles. The van der Waals surface area contributed by atoms with Crippen molar-refractivity contribution in [1.29, 1.82) is 0 Å². The number of fused-ring (bicyclic) bond motifs is 1. The lowest BCUT2D eigenvalue weighted by atomic mass is 10.0. The van der Waals surface area contributed by atoms with Crippen molar-refractivity contribution >= 4 is 32.6 Å². The van der Waals surface area contributed by atoms with Crippen LogP contribution in [0.3, 0.4) is 0 Å². The summed E-state index contributed by atoms with van der Waals surface area (Å²) in [5.74, 6) is -15.4. The molecule has 0 amide bonds. The summed E-state index contributed by atoms with van der Waals surface area (Å²) >= 11 is 6.09. The molecular weight excluding hydrogens is 652 g/mol. The number of benzene rings is 4. The van der Waals surface area contributed by atoms with Gasteiger partial charge >= 0.3 is 10.1 Å². The molecule has 15 heteroatoms. The summed E-state index contributed by atoms with van der Waals surface area (Å²) in [6.07, 6.45) is 0. The Labute approximate surface area is 255 Å². The molecule has 1 heterocycles. The first-order chi connectivity index (χ1) is 21.2. The molecule has 0 bridgehead atoms. The van der Waals surface area contributed by atoms with Crippen LogP contribution in [0.1, 0.15) is 5.56 Å². The fourth-order valence-electron chi connectivity index (χ4n) is 4.55. The van der Waals surface area contributed by atoms with E-state index in [4.69, 9.17) is 21.1 Å². The number of aromatic nitrogens is 1. The van der Waals surface area contributed by atoms with Crippen molar-refractivity contribution in [2.45, 2.75) is 11.8 Å². The van der Waals surface area contributed by atoms with E-state index in [-0.39, 0.29) is 33.7 Å². The standard InChI is InChI=1S/C30H18ClF6NO6S/c1-13-8-14(4-6-18(13)31)17-11-22(42-2)21(12-19(17)32)38-20-7-5-16(9-15(20)10-23(43-3)30(38)39)45(40,41)44-29-27(36)25(34)24(33)26(35)28(29)37/h4-12H,1-3H3. The third-order valence-electron chi connectivity index (χ3n) is 6.79. The minimum absolute atomic E-state index is 0.0104. The lowest BCUT2D eigenvalue weighted by Crippen LogP contribution is -2.21. The Hall–Kier alpha value is -4.69. The van der Waals surface area contributed by atoms with Gasteiger partial charge < -0.3 is 13.7 Å². The van der Waals surface area contributed by atoms with Crippen LogP contribution in [-0.2, 0) is 10.1 Å². The molecule has 0 unspecified atom stereocenters. The predicted molar refractivity (Wildman–Crippen MR) is 152 cm³/mol. The van der Waals surface area contributed by atoms with Gasteiger partial charge in [-0.1, -0.05) is 17.7 Å². The van der Waals surface area contributed by atoms with E-state index in [1.165, 1.54) is 13.2 Å². The van der Waals surface area contributed by atoms with Crippen LogP contribution >= 0.6 is 11.6 Å². The number of aryl methyl sites for hydroxylation is 1. The summed E-state index contributed by atoms with van der Waals surface area (Å²) in [5, 5.41) is 0.421. The maximum absolute atomic E-state index is 15.6. The van der Waals surface area contributed by atoms with Crippen LogP contribution in [0.5, 0.6) is 17.2 Å². The van der Waals surface area contributed by atoms with E-state index in [1.54, 1.807) is 25.1 Å². The molecule has 234 valence electrons. The van der Waals surface area contributed by atoms with Gasteiger partial charge in [0.2, 0.25) is 34.8 Å². The normalized spacial score (nSPS) is 11.6. The third kappa shape index (κ3) is 5.44. The van der Waals surface area contributed by atoms with Crippen LogP contribution in [0.2, 0.25) is 5.02 Å². The third-order valence-corrected chi connectivity index (χ3v) is 8.43. The highest BCUT2D eigenvalue weighted by Gasteiger charge is 2.31. The molecule has 0 fully saturated rings. The zero-order chi connectivity index (χ0) is 33.0. The molecule has 5 rings (SSSR count). The van der Waals surface area contributed by atoms with E-state index in [0.29, 0.717) is 16.1 Å². The highest BCUT2D eigenvalue weighted by atomic mass is 35.5. The number of pyridine rings is 1. The summed E-state index contributed by atoms with van der Waals surface area (Å²) in [6.45, 7) is 1.74. The predicted octanol–water partition coefficient (Wildman–Crippen LogP) is 7.24. The smallest absolute Gasteiger partial charge is 0.339 e. The van der Waals surface area contributed by atoms with Crippen LogP contribution in [0, 0.1) is 41.8 Å². The van der Waals surface area contributed by atoms with Crippen molar-refractivity contribution in [2.75, 3.05) is 14.2 Å². The number of rotatable bonds is 7. The number of ether oxygens (including phenoxy) is 2. The first-order valence-corrected chi connectivity index (χ1v) is 14.3. The van der Waals surface area contributed by atoms with Crippen LogP contribution in [0.4, 0.5) is 26.3 Å². The minimum Gasteiger partial charge on any atom is -0.495 e. The van der Waals surface area contributed by atoms with E-state index >= 15 is 4.39 Å². The highest BCUT2D eigenvalue weighted by Crippen LogP contribution is 2.36. The largest absolute Gasteiger partial charge is 0.495 e. The van der Waals surface area contributed by atoms with Crippen LogP contribution < -0.4 is 19.2 Å². The van der Waals surface area contributed by atoms with Crippen molar-refractivity contribution < 1.29 is 48.4 Å². The van der Waals surface area contributed by atoms with Crippen LogP contribution in [0.25, 0.3) is 27.7 Å². The molecule has 0 aliphatic carbocycles. The Morgan fingerprint density at radius 3 is 1.98 bits per heavy atom. The molecule has 0 radical (unpaired) electrons. The zero-order valence-electron chi connectivity index (χ0n) is 23.1. The van der Waals surface area contributed by atoms with Crippen molar-refractivity contribution in [3.05, 3.63) is 110 Å². The molecule has 1 aromatic heterocycles. The lowest BCUT2D eigenvalue weighted by Gasteiger charge is -2.18. The first kappa shape index (κ1) is 31.7. The van der Waals surface area contributed by atoms with Crippen molar-refractivity contribution in [1.82, 2.24) is 4.57 Å². The Bertz CT molecular complexity index is 2180. The zero-order valence-corrected chi connectivity index (χ0v) is 24.7. The number of hydrogen-bond acceptors (Lipinski definition) is 6. The van der Waals surface area contributed by atoms with Gasteiger partial charge in [0.25, 0.3) is 5.56 Å². The molecule has 0 N–H and O–H groups in total. The maximum Gasteiger partial charge on any atom is 0.339 e.